The summed E-state index contributed by atoms with van der Waals surface area (Å²) in [4.78, 5) is 12.3. The number of carbonyl (C=O) groups is 1. The Balaban J connectivity index is 1.78. The van der Waals surface area contributed by atoms with E-state index in [0.29, 0.717) is 36.1 Å². The van der Waals surface area contributed by atoms with Gasteiger partial charge in [0.25, 0.3) is 5.91 Å². The van der Waals surface area contributed by atoms with Gasteiger partial charge in [0, 0.05) is 5.02 Å². The third-order valence-corrected chi connectivity index (χ3v) is 4.22. The van der Waals surface area contributed by atoms with E-state index in [0.717, 1.165) is 11.3 Å². The van der Waals surface area contributed by atoms with Crippen LogP contribution in [0.1, 0.15) is 18.9 Å². The maximum Gasteiger partial charge on any atom is 0.261 e. The quantitative estimate of drug-likeness (QED) is 0.671. The molecule has 26 heavy (non-hydrogen) atoms. The Hall–Kier alpha value is -2.40. The van der Waals surface area contributed by atoms with Crippen LogP contribution in [0.15, 0.2) is 42.5 Å². The van der Waals surface area contributed by atoms with Gasteiger partial charge in [-0.15, -0.1) is 0 Å². The van der Waals surface area contributed by atoms with Crippen LogP contribution < -0.4 is 19.5 Å². The molecule has 0 aliphatic heterocycles. The fourth-order valence-corrected chi connectivity index (χ4v) is 2.43. The number of ether oxygens (including phenoxy) is 3. The molecule has 0 bridgehead atoms. The van der Waals surface area contributed by atoms with Gasteiger partial charge in [-0.2, -0.15) is 0 Å². The van der Waals surface area contributed by atoms with Crippen molar-refractivity contribution in [3.05, 3.63) is 53.1 Å². The Labute approximate surface area is 159 Å². The van der Waals surface area contributed by atoms with Crippen molar-refractivity contribution < 1.29 is 19.0 Å². The third kappa shape index (κ3) is 5.85. The van der Waals surface area contributed by atoms with Crippen molar-refractivity contribution in [3.8, 4) is 17.2 Å². The van der Waals surface area contributed by atoms with E-state index in [2.05, 4.69) is 5.32 Å². The molecule has 0 aliphatic carbocycles. The molecule has 0 spiro atoms. The van der Waals surface area contributed by atoms with Gasteiger partial charge >= 0.3 is 0 Å². The van der Waals surface area contributed by atoms with E-state index in [1.54, 1.807) is 37.4 Å². The first-order valence-corrected chi connectivity index (χ1v) is 8.88. The Bertz CT molecular complexity index is 718. The lowest BCUT2D eigenvalue weighted by Gasteiger charge is -2.17. The van der Waals surface area contributed by atoms with Crippen LogP contribution in [0.3, 0.4) is 0 Å². The van der Waals surface area contributed by atoms with Gasteiger partial charge in [0.15, 0.2) is 6.10 Å². The van der Waals surface area contributed by atoms with E-state index in [1.165, 1.54) is 0 Å². The molecule has 0 aromatic heterocycles. The van der Waals surface area contributed by atoms with E-state index >= 15 is 0 Å². The maximum absolute atomic E-state index is 12.3. The highest BCUT2D eigenvalue weighted by atomic mass is 35.5. The minimum atomic E-state index is -0.558. The molecule has 0 heterocycles. The monoisotopic (exact) mass is 377 g/mol. The van der Waals surface area contributed by atoms with E-state index in [1.807, 2.05) is 26.0 Å². The highest BCUT2D eigenvalue weighted by molar-refractivity contribution is 6.31. The van der Waals surface area contributed by atoms with E-state index in [4.69, 9.17) is 25.8 Å². The molecule has 1 N–H and O–H groups in total. The van der Waals surface area contributed by atoms with Crippen LogP contribution in [-0.2, 0) is 4.79 Å². The normalized spacial score (nSPS) is 11.5. The summed E-state index contributed by atoms with van der Waals surface area (Å²) >= 11 is 6.06. The third-order valence-electron chi connectivity index (χ3n) is 3.81. The molecule has 2 rings (SSSR count). The van der Waals surface area contributed by atoms with E-state index in [9.17, 15) is 4.79 Å². The Morgan fingerprint density at radius 3 is 2.38 bits per heavy atom. The summed E-state index contributed by atoms with van der Waals surface area (Å²) in [7, 11) is 1.60. The van der Waals surface area contributed by atoms with Gasteiger partial charge in [0.1, 0.15) is 23.9 Å². The van der Waals surface area contributed by atoms with Gasteiger partial charge in [-0.3, -0.25) is 4.79 Å². The predicted octanol–water partition coefficient (Wildman–Crippen LogP) is 4.01. The lowest BCUT2D eigenvalue weighted by molar-refractivity contribution is -0.128. The van der Waals surface area contributed by atoms with Gasteiger partial charge in [-0.05, 0) is 55.3 Å². The molecular formula is C20H24ClNO4. The van der Waals surface area contributed by atoms with E-state index < -0.39 is 6.10 Å². The standard InChI is InChI=1S/C20H24ClNO4/c1-4-19(26-16-9-7-15(24-3)8-10-16)20(23)22-11-12-25-17-6-5-14(2)18(21)13-17/h5-10,13,19H,4,11-12H2,1-3H3,(H,22,23). The molecule has 140 valence electrons. The molecule has 0 radical (unpaired) electrons. The number of aryl methyl sites for hydroxylation is 1. The molecule has 0 saturated heterocycles. The summed E-state index contributed by atoms with van der Waals surface area (Å²) in [5.41, 5.74) is 0.994. The van der Waals surface area contributed by atoms with Crippen LogP contribution in [0.25, 0.3) is 0 Å². The minimum absolute atomic E-state index is 0.172. The summed E-state index contributed by atoms with van der Waals surface area (Å²) in [5, 5.41) is 3.48. The number of hydrogen-bond acceptors (Lipinski definition) is 4. The number of hydrogen-bond donors (Lipinski definition) is 1. The maximum atomic E-state index is 12.3. The molecule has 1 amide bonds. The molecule has 2 aromatic carbocycles. The molecule has 5 nitrogen and oxygen atoms in total. The second kappa shape index (κ2) is 9.92. The summed E-state index contributed by atoms with van der Waals surface area (Å²) in [6, 6.07) is 12.6. The summed E-state index contributed by atoms with van der Waals surface area (Å²) in [6.45, 7) is 4.56. The number of methoxy groups -OCH3 is 1. The van der Waals surface area contributed by atoms with Gasteiger partial charge < -0.3 is 19.5 Å². The zero-order chi connectivity index (χ0) is 18.9. The molecule has 0 aliphatic rings. The van der Waals surface area contributed by atoms with Gasteiger partial charge in [0.2, 0.25) is 0 Å². The van der Waals surface area contributed by atoms with Gasteiger partial charge in [0.05, 0.1) is 13.7 Å². The predicted molar refractivity (Wildman–Crippen MR) is 102 cm³/mol. The topological polar surface area (TPSA) is 56.8 Å². The van der Waals surface area contributed by atoms with Gasteiger partial charge in [-0.1, -0.05) is 24.6 Å². The zero-order valence-corrected chi connectivity index (χ0v) is 16.0. The lowest BCUT2D eigenvalue weighted by Crippen LogP contribution is -2.39. The summed E-state index contributed by atoms with van der Waals surface area (Å²) in [5.74, 6) is 1.87. The van der Waals surface area contributed by atoms with Gasteiger partial charge in [-0.25, -0.2) is 0 Å². The minimum Gasteiger partial charge on any atom is -0.497 e. The molecule has 1 atom stereocenters. The number of halogens is 1. The van der Waals surface area contributed by atoms with Crippen LogP contribution in [0.2, 0.25) is 5.02 Å². The highest BCUT2D eigenvalue weighted by Gasteiger charge is 2.17. The second-order valence-electron chi connectivity index (χ2n) is 5.74. The molecular weight excluding hydrogens is 354 g/mol. The van der Waals surface area contributed by atoms with Crippen LogP contribution >= 0.6 is 11.6 Å². The van der Waals surface area contributed by atoms with E-state index in [-0.39, 0.29) is 5.91 Å². The highest BCUT2D eigenvalue weighted by Crippen LogP contribution is 2.21. The molecule has 0 fully saturated rings. The second-order valence-corrected chi connectivity index (χ2v) is 6.15. The average molecular weight is 378 g/mol. The molecule has 2 aromatic rings. The molecule has 0 saturated carbocycles. The van der Waals surface area contributed by atoms with Crippen molar-refractivity contribution in [1.29, 1.82) is 0 Å². The van der Waals surface area contributed by atoms with Crippen LogP contribution in [0, 0.1) is 6.92 Å². The Kier molecular flexibility index (Phi) is 7.60. The average Bonchev–Trinajstić information content (AvgIpc) is 2.66. The van der Waals surface area contributed by atoms with Crippen LogP contribution in [0.5, 0.6) is 17.2 Å². The molecule has 1 unspecified atom stereocenters. The van der Waals surface area contributed by atoms with Crippen molar-refractivity contribution in [2.45, 2.75) is 26.4 Å². The number of amides is 1. The molecule has 6 heteroatoms. The number of benzene rings is 2. The fraction of sp³-hybridized carbons (Fsp3) is 0.350. The first kappa shape index (κ1) is 19.9. The van der Waals surface area contributed by atoms with Crippen molar-refractivity contribution in [2.75, 3.05) is 20.3 Å². The van der Waals surface area contributed by atoms with Crippen molar-refractivity contribution in [3.63, 3.8) is 0 Å². The van der Waals surface area contributed by atoms with Crippen molar-refractivity contribution in [2.24, 2.45) is 0 Å². The number of carbonyl (C=O) groups excluding carboxylic acids is 1. The van der Waals surface area contributed by atoms with Crippen LogP contribution in [0.4, 0.5) is 0 Å². The fourth-order valence-electron chi connectivity index (χ4n) is 2.26. The zero-order valence-electron chi connectivity index (χ0n) is 15.3. The summed E-state index contributed by atoms with van der Waals surface area (Å²) in [6.07, 6.45) is 0.00366. The number of rotatable bonds is 9. The Morgan fingerprint density at radius 2 is 1.77 bits per heavy atom. The number of nitrogens with one attached hydrogen (secondary N) is 1. The first-order chi connectivity index (χ1) is 12.5. The smallest absolute Gasteiger partial charge is 0.261 e. The first-order valence-electron chi connectivity index (χ1n) is 8.51. The van der Waals surface area contributed by atoms with Crippen molar-refractivity contribution >= 4 is 17.5 Å². The SMILES string of the molecule is CCC(Oc1ccc(OC)cc1)C(=O)NCCOc1ccc(C)c(Cl)c1. The lowest BCUT2D eigenvalue weighted by atomic mass is 10.2. The van der Waals surface area contributed by atoms with Crippen molar-refractivity contribution in [1.82, 2.24) is 5.32 Å². The summed E-state index contributed by atoms with van der Waals surface area (Å²) < 4.78 is 16.4. The Morgan fingerprint density at radius 1 is 1.12 bits per heavy atom. The van der Waals surface area contributed by atoms with Crippen LogP contribution in [-0.4, -0.2) is 32.3 Å². The largest absolute Gasteiger partial charge is 0.497 e.